The van der Waals surface area contributed by atoms with Gasteiger partial charge in [0.25, 0.3) is 5.91 Å². The Labute approximate surface area is 134 Å². The number of carbonyl (C=O) groups excluding carboxylic acids is 2. The minimum atomic E-state index is -0.0359. The van der Waals surface area contributed by atoms with Crippen molar-refractivity contribution >= 4 is 23.4 Å². The summed E-state index contributed by atoms with van der Waals surface area (Å²) in [5.74, 6) is 0.0513. The molecule has 0 spiro atoms. The fourth-order valence-corrected chi connectivity index (χ4v) is 2.61. The van der Waals surface area contributed by atoms with Crippen LogP contribution in [0.4, 0.5) is 0 Å². The first-order valence-electron chi connectivity index (χ1n) is 7.54. The molecule has 0 radical (unpaired) electrons. The number of hydrogen-bond donors (Lipinski definition) is 1. The van der Waals surface area contributed by atoms with Gasteiger partial charge in [-0.25, -0.2) is 4.98 Å². The van der Waals surface area contributed by atoms with Crippen molar-refractivity contribution < 1.29 is 9.59 Å². The molecule has 1 N–H and O–H groups in total. The number of piperazine rings is 1. The van der Waals surface area contributed by atoms with Crippen molar-refractivity contribution in [1.29, 1.82) is 0 Å². The maximum atomic E-state index is 12.3. The fraction of sp³-hybridized carbons (Fsp3) is 0.533. The van der Waals surface area contributed by atoms with E-state index in [9.17, 15) is 9.59 Å². The molecule has 2 amide bonds. The number of amides is 2. The molecule has 3 rings (SSSR count). The van der Waals surface area contributed by atoms with Crippen molar-refractivity contribution in [3.05, 3.63) is 29.0 Å². The molecule has 1 aliphatic carbocycles. The molecule has 2 heterocycles. The van der Waals surface area contributed by atoms with Gasteiger partial charge in [-0.3, -0.25) is 14.5 Å². The Hall–Kier alpha value is -1.66. The molecule has 0 unspecified atom stereocenters. The molecule has 0 bridgehead atoms. The zero-order chi connectivity index (χ0) is 15.5. The summed E-state index contributed by atoms with van der Waals surface area (Å²) in [4.78, 5) is 31.9. The predicted octanol–water partition coefficient (Wildman–Crippen LogP) is 0.771. The number of nitrogens with zero attached hydrogens (tertiary/aromatic N) is 3. The van der Waals surface area contributed by atoms with Gasteiger partial charge in [0, 0.05) is 38.4 Å². The van der Waals surface area contributed by atoms with Gasteiger partial charge in [0.2, 0.25) is 5.91 Å². The van der Waals surface area contributed by atoms with Crippen LogP contribution in [0.3, 0.4) is 0 Å². The Morgan fingerprint density at radius 3 is 2.55 bits per heavy atom. The van der Waals surface area contributed by atoms with Crippen LogP contribution in [0.5, 0.6) is 0 Å². The summed E-state index contributed by atoms with van der Waals surface area (Å²) in [5, 5.41) is 3.36. The first-order chi connectivity index (χ1) is 10.6. The normalized spacial score (nSPS) is 19.0. The van der Waals surface area contributed by atoms with Crippen molar-refractivity contribution in [3.63, 3.8) is 0 Å². The van der Waals surface area contributed by atoms with Gasteiger partial charge < -0.3 is 10.2 Å². The van der Waals surface area contributed by atoms with Crippen molar-refractivity contribution in [2.75, 3.05) is 32.7 Å². The third-order valence-corrected chi connectivity index (χ3v) is 4.17. The highest BCUT2D eigenvalue weighted by molar-refractivity contribution is 6.29. The van der Waals surface area contributed by atoms with E-state index < -0.39 is 0 Å². The fourth-order valence-electron chi connectivity index (χ4n) is 2.50. The molecule has 22 heavy (non-hydrogen) atoms. The number of hydrogen-bond acceptors (Lipinski definition) is 4. The maximum absolute atomic E-state index is 12.3. The van der Waals surface area contributed by atoms with Gasteiger partial charge in [-0.05, 0) is 25.0 Å². The molecular weight excluding hydrogens is 304 g/mol. The number of nitrogens with one attached hydrogen (secondary N) is 1. The molecule has 1 aliphatic heterocycles. The number of aromatic nitrogens is 1. The summed E-state index contributed by atoms with van der Waals surface area (Å²) in [6, 6.07) is 3.70. The van der Waals surface area contributed by atoms with Gasteiger partial charge in [0.15, 0.2) is 0 Å². The Bertz CT molecular complexity index is 551. The maximum Gasteiger partial charge on any atom is 0.255 e. The average molecular weight is 323 g/mol. The Morgan fingerprint density at radius 1 is 1.23 bits per heavy atom. The van der Waals surface area contributed by atoms with E-state index in [0.29, 0.717) is 49.5 Å². The number of halogens is 1. The lowest BCUT2D eigenvalue weighted by Gasteiger charge is -2.34. The second kappa shape index (κ2) is 6.62. The Kier molecular flexibility index (Phi) is 4.59. The highest BCUT2D eigenvalue weighted by Gasteiger charge is 2.26. The van der Waals surface area contributed by atoms with Gasteiger partial charge in [0.1, 0.15) is 5.15 Å². The summed E-state index contributed by atoms with van der Waals surface area (Å²) >= 11 is 5.73. The molecule has 2 fully saturated rings. The summed E-state index contributed by atoms with van der Waals surface area (Å²) in [7, 11) is 0. The van der Waals surface area contributed by atoms with E-state index in [2.05, 4.69) is 15.2 Å². The van der Waals surface area contributed by atoms with E-state index in [-0.39, 0.29) is 11.8 Å². The smallest absolute Gasteiger partial charge is 0.255 e. The van der Waals surface area contributed by atoms with Crippen LogP contribution >= 0.6 is 11.6 Å². The van der Waals surface area contributed by atoms with Crippen LogP contribution in [-0.4, -0.2) is 65.4 Å². The van der Waals surface area contributed by atoms with E-state index in [1.54, 1.807) is 17.0 Å². The number of pyridine rings is 1. The van der Waals surface area contributed by atoms with E-state index in [1.165, 1.54) is 6.20 Å². The van der Waals surface area contributed by atoms with Crippen LogP contribution in [-0.2, 0) is 4.79 Å². The van der Waals surface area contributed by atoms with Crippen molar-refractivity contribution in [2.45, 2.75) is 18.9 Å². The lowest BCUT2D eigenvalue weighted by molar-refractivity contribution is -0.122. The van der Waals surface area contributed by atoms with Gasteiger partial charge in [0.05, 0.1) is 12.1 Å². The van der Waals surface area contributed by atoms with Gasteiger partial charge in [-0.1, -0.05) is 11.6 Å². The molecule has 1 aromatic heterocycles. The van der Waals surface area contributed by atoms with Gasteiger partial charge >= 0.3 is 0 Å². The second-order valence-corrected chi connectivity index (χ2v) is 6.17. The zero-order valence-electron chi connectivity index (χ0n) is 12.3. The molecule has 1 saturated carbocycles. The van der Waals surface area contributed by atoms with E-state index in [0.717, 1.165) is 12.8 Å². The van der Waals surface area contributed by atoms with Crippen LogP contribution in [0.2, 0.25) is 5.15 Å². The average Bonchev–Trinajstić information content (AvgIpc) is 3.32. The number of carbonyl (C=O) groups is 2. The van der Waals surface area contributed by atoms with E-state index >= 15 is 0 Å². The molecule has 118 valence electrons. The third-order valence-electron chi connectivity index (χ3n) is 3.94. The zero-order valence-corrected chi connectivity index (χ0v) is 13.1. The summed E-state index contributed by atoms with van der Waals surface area (Å²) in [6.45, 7) is 3.09. The number of rotatable bonds is 4. The highest BCUT2D eigenvalue weighted by Crippen LogP contribution is 2.18. The topological polar surface area (TPSA) is 65.5 Å². The Balaban J connectivity index is 1.47. The Morgan fingerprint density at radius 2 is 1.95 bits per heavy atom. The van der Waals surface area contributed by atoms with Gasteiger partial charge in [-0.15, -0.1) is 0 Å². The summed E-state index contributed by atoms with van der Waals surface area (Å²) in [5.41, 5.74) is 0.546. The van der Waals surface area contributed by atoms with Crippen LogP contribution in [0.25, 0.3) is 0 Å². The predicted molar refractivity (Wildman–Crippen MR) is 82.8 cm³/mol. The van der Waals surface area contributed by atoms with Crippen LogP contribution in [0, 0.1) is 0 Å². The second-order valence-electron chi connectivity index (χ2n) is 5.78. The first kappa shape index (κ1) is 15.2. The summed E-state index contributed by atoms with van der Waals surface area (Å²) in [6.07, 6.45) is 3.70. The van der Waals surface area contributed by atoms with Crippen molar-refractivity contribution in [3.8, 4) is 0 Å². The standard InChI is InChI=1S/C15H19ClN4O2/c16-13-4-1-11(9-17-13)15(22)20-7-5-19(6-8-20)10-14(21)18-12-2-3-12/h1,4,9,12H,2-3,5-8,10H2,(H,18,21). The molecular formula is C15H19ClN4O2. The van der Waals surface area contributed by atoms with Gasteiger partial charge in [-0.2, -0.15) is 0 Å². The van der Waals surface area contributed by atoms with Crippen molar-refractivity contribution in [1.82, 2.24) is 20.1 Å². The molecule has 0 aromatic carbocycles. The SMILES string of the molecule is O=C(CN1CCN(C(=O)c2ccc(Cl)nc2)CC1)NC1CC1. The molecule has 6 nitrogen and oxygen atoms in total. The molecule has 1 aromatic rings. The van der Waals surface area contributed by atoms with Crippen LogP contribution in [0.1, 0.15) is 23.2 Å². The minimum absolute atomic E-state index is 0.0359. The molecule has 0 atom stereocenters. The third kappa shape index (κ3) is 3.96. The quantitative estimate of drug-likeness (QED) is 0.832. The lowest BCUT2D eigenvalue weighted by atomic mass is 10.2. The highest BCUT2D eigenvalue weighted by atomic mass is 35.5. The van der Waals surface area contributed by atoms with Crippen molar-refractivity contribution in [2.24, 2.45) is 0 Å². The monoisotopic (exact) mass is 322 g/mol. The van der Waals surface area contributed by atoms with Crippen LogP contribution < -0.4 is 5.32 Å². The largest absolute Gasteiger partial charge is 0.352 e. The molecule has 1 saturated heterocycles. The first-order valence-corrected chi connectivity index (χ1v) is 7.92. The lowest BCUT2D eigenvalue weighted by Crippen LogP contribution is -2.51. The summed E-state index contributed by atoms with van der Waals surface area (Å²) < 4.78 is 0. The molecule has 7 heteroatoms. The van der Waals surface area contributed by atoms with Crippen LogP contribution in [0.15, 0.2) is 18.3 Å². The van der Waals surface area contributed by atoms with E-state index in [1.807, 2.05) is 0 Å². The minimum Gasteiger partial charge on any atom is -0.352 e. The van der Waals surface area contributed by atoms with E-state index in [4.69, 9.17) is 11.6 Å². The molecule has 2 aliphatic rings.